The van der Waals surface area contributed by atoms with E-state index in [1.807, 2.05) is 0 Å². The average molecular weight is 153 g/mol. The Kier molecular flexibility index (Phi) is 1.24. The van der Waals surface area contributed by atoms with Crippen LogP contribution in [-0.4, -0.2) is 11.7 Å². The van der Waals surface area contributed by atoms with Gasteiger partial charge < -0.3 is 10.4 Å². The third-order valence-corrected chi connectivity index (χ3v) is 1.92. The molecule has 0 radical (unpaired) electrons. The van der Waals surface area contributed by atoms with E-state index in [2.05, 4.69) is 5.32 Å². The third kappa shape index (κ3) is 0.843. The van der Waals surface area contributed by atoms with Crippen molar-refractivity contribution < 1.29 is 9.50 Å². The summed E-state index contributed by atoms with van der Waals surface area (Å²) in [6.45, 7) is 0.784. The van der Waals surface area contributed by atoms with Gasteiger partial charge in [-0.15, -0.1) is 0 Å². The van der Waals surface area contributed by atoms with Crippen molar-refractivity contribution in [2.45, 2.75) is 6.42 Å². The highest BCUT2D eigenvalue weighted by atomic mass is 19.1. The minimum absolute atomic E-state index is 0.201. The van der Waals surface area contributed by atoms with Gasteiger partial charge in [0.15, 0.2) is 11.6 Å². The second kappa shape index (κ2) is 2.12. The molecule has 0 fully saturated rings. The zero-order valence-corrected chi connectivity index (χ0v) is 5.89. The van der Waals surface area contributed by atoms with Crippen molar-refractivity contribution in [3.05, 3.63) is 23.5 Å². The molecular formula is C8H8FNO. The van der Waals surface area contributed by atoms with Crippen molar-refractivity contribution in [3.8, 4) is 5.75 Å². The molecule has 0 bridgehead atoms. The Morgan fingerprint density at radius 3 is 3.09 bits per heavy atom. The number of hydrogen-bond acceptors (Lipinski definition) is 2. The monoisotopic (exact) mass is 153 g/mol. The highest BCUT2D eigenvalue weighted by molar-refractivity contribution is 5.61. The van der Waals surface area contributed by atoms with E-state index in [9.17, 15) is 9.50 Å². The number of anilines is 1. The fourth-order valence-electron chi connectivity index (χ4n) is 1.35. The van der Waals surface area contributed by atoms with Crippen LogP contribution in [0.25, 0.3) is 0 Å². The van der Waals surface area contributed by atoms with E-state index in [4.69, 9.17) is 0 Å². The summed E-state index contributed by atoms with van der Waals surface area (Å²) in [4.78, 5) is 0. The lowest BCUT2D eigenvalue weighted by Gasteiger charge is -2.01. The molecule has 2 N–H and O–H groups in total. The Bertz CT molecular complexity index is 298. The van der Waals surface area contributed by atoms with Crippen LogP contribution in [0.5, 0.6) is 5.75 Å². The maximum Gasteiger partial charge on any atom is 0.165 e. The Morgan fingerprint density at radius 2 is 2.27 bits per heavy atom. The van der Waals surface area contributed by atoms with Gasteiger partial charge >= 0.3 is 0 Å². The minimum atomic E-state index is -0.535. The summed E-state index contributed by atoms with van der Waals surface area (Å²) in [7, 11) is 0. The van der Waals surface area contributed by atoms with Crippen molar-refractivity contribution in [1.29, 1.82) is 0 Å². The van der Waals surface area contributed by atoms with Crippen molar-refractivity contribution in [3.63, 3.8) is 0 Å². The largest absolute Gasteiger partial charge is 0.505 e. The van der Waals surface area contributed by atoms with Gasteiger partial charge in [-0.25, -0.2) is 4.39 Å². The summed E-state index contributed by atoms with van der Waals surface area (Å²) in [5.74, 6) is -0.736. The van der Waals surface area contributed by atoms with E-state index in [0.29, 0.717) is 12.0 Å². The normalized spacial score (nSPS) is 14.3. The first-order chi connectivity index (χ1) is 5.29. The van der Waals surface area contributed by atoms with Crippen molar-refractivity contribution in [1.82, 2.24) is 0 Å². The Morgan fingerprint density at radius 1 is 1.45 bits per heavy atom. The van der Waals surface area contributed by atoms with E-state index in [1.54, 1.807) is 6.07 Å². The molecular weight excluding hydrogens is 145 g/mol. The molecule has 0 saturated heterocycles. The van der Waals surface area contributed by atoms with E-state index in [-0.39, 0.29) is 5.75 Å². The van der Waals surface area contributed by atoms with Crippen LogP contribution in [0.2, 0.25) is 0 Å². The first-order valence-corrected chi connectivity index (χ1v) is 3.53. The van der Waals surface area contributed by atoms with Gasteiger partial charge in [-0.3, -0.25) is 0 Å². The summed E-state index contributed by atoms with van der Waals surface area (Å²) >= 11 is 0. The smallest absolute Gasteiger partial charge is 0.165 e. The van der Waals surface area contributed by atoms with Crippen LogP contribution in [0.4, 0.5) is 10.1 Å². The zero-order chi connectivity index (χ0) is 7.84. The molecule has 11 heavy (non-hydrogen) atoms. The van der Waals surface area contributed by atoms with Gasteiger partial charge in [-0.05, 0) is 18.6 Å². The SMILES string of the molecule is Oc1c(F)ccc2c1CCN2. The van der Waals surface area contributed by atoms with E-state index in [0.717, 1.165) is 12.2 Å². The van der Waals surface area contributed by atoms with Crippen LogP contribution in [0.15, 0.2) is 12.1 Å². The fraction of sp³-hybridized carbons (Fsp3) is 0.250. The van der Waals surface area contributed by atoms with Gasteiger partial charge in [0.2, 0.25) is 0 Å². The second-order valence-electron chi connectivity index (χ2n) is 2.60. The number of phenols is 1. The molecule has 0 aliphatic carbocycles. The van der Waals surface area contributed by atoms with Gasteiger partial charge in [-0.1, -0.05) is 0 Å². The molecule has 1 heterocycles. The molecule has 1 aliphatic rings. The Balaban J connectivity index is 2.62. The maximum atomic E-state index is 12.7. The first kappa shape index (κ1) is 6.46. The zero-order valence-electron chi connectivity index (χ0n) is 5.89. The molecule has 0 amide bonds. The molecule has 1 aromatic carbocycles. The lowest BCUT2D eigenvalue weighted by molar-refractivity contribution is 0.428. The number of nitrogens with one attached hydrogen (secondary N) is 1. The van der Waals surface area contributed by atoms with E-state index in [1.165, 1.54) is 6.07 Å². The molecule has 0 saturated carbocycles. The molecule has 3 heteroatoms. The highest BCUT2D eigenvalue weighted by Gasteiger charge is 2.16. The number of benzene rings is 1. The molecule has 2 rings (SSSR count). The van der Waals surface area contributed by atoms with Crippen LogP contribution in [0.1, 0.15) is 5.56 Å². The van der Waals surface area contributed by atoms with E-state index < -0.39 is 5.82 Å². The predicted molar refractivity (Wildman–Crippen MR) is 40.3 cm³/mol. The number of aromatic hydroxyl groups is 1. The van der Waals surface area contributed by atoms with Crippen molar-refractivity contribution in [2.75, 3.05) is 11.9 Å². The van der Waals surface area contributed by atoms with Crippen molar-refractivity contribution in [2.24, 2.45) is 0 Å². The lowest BCUT2D eigenvalue weighted by atomic mass is 10.1. The number of rotatable bonds is 0. The highest BCUT2D eigenvalue weighted by Crippen LogP contribution is 2.32. The maximum absolute atomic E-state index is 12.7. The average Bonchev–Trinajstić information content (AvgIpc) is 2.45. The van der Waals surface area contributed by atoms with Crippen LogP contribution >= 0.6 is 0 Å². The van der Waals surface area contributed by atoms with Crippen molar-refractivity contribution >= 4 is 5.69 Å². The summed E-state index contributed by atoms with van der Waals surface area (Å²) in [5.41, 5.74) is 1.55. The quantitative estimate of drug-likeness (QED) is 0.592. The van der Waals surface area contributed by atoms with Gasteiger partial charge in [0.05, 0.1) is 0 Å². The first-order valence-electron chi connectivity index (χ1n) is 3.53. The molecule has 1 aromatic rings. The number of hydrogen-bond donors (Lipinski definition) is 2. The van der Waals surface area contributed by atoms with Crippen LogP contribution in [0.3, 0.4) is 0 Å². The van der Waals surface area contributed by atoms with Crippen LogP contribution < -0.4 is 5.32 Å². The molecule has 0 unspecified atom stereocenters. The summed E-state index contributed by atoms with van der Waals surface area (Å²) in [6, 6.07) is 2.92. The second-order valence-corrected chi connectivity index (χ2v) is 2.60. The summed E-state index contributed by atoms with van der Waals surface area (Å²) < 4.78 is 12.7. The molecule has 0 atom stereocenters. The van der Waals surface area contributed by atoms with Gasteiger partial charge in [0.25, 0.3) is 0 Å². The molecule has 0 aromatic heterocycles. The Hall–Kier alpha value is -1.25. The number of fused-ring (bicyclic) bond motifs is 1. The van der Waals surface area contributed by atoms with Crippen LogP contribution in [-0.2, 0) is 6.42 Å². The summed E-state index contributed by atoms with van der Waals surface area (Å²) in [6.07, 6.45) is 0.707. The standard InChI is InChI=1S/C8H8FNO/c9-6-1-2-7-5(8(6)11)3-4-10-7/h1-2,10-11H,3-4H2. The topological polar surface area (TPSA) is 32.3 Å². The van der Waals surface area contributed by atoms with Gasteiger partial charge in [0, 0.05) is 17.8 Å². The number of halogens is 1. The van der Waals surface area contributed by atoms with Gasteiger partial charge in [-0.2, -0.15) is 0 Å². The molecule has 58 valence electrons. The van der Waals surface area contributed by atoms with Crippen LogP contribution in [0, 0.1) is 5.82 Å². The summed E-state index contributed by atoms with van der Waals surface area (Å²) in [5, 5.41) is 12.2. The number of phenolic OH excluding ortho intramolecular Hbond substituents is 1. The predicted octanol–water partition coefficient (Wildman–Crippen LogP) is 1.50. The Labute approximate surface area is 63.7 Å². The molecule has 0 spiro atoms. The minimum Gasteiger partial charge on any atom is -0.505 e. The lowest BCUT2D eigenvalue weighted by Crippen LogP contribution is -1.90. The third-order valence-electron chi connectivity index (χ3n) is 1.92. The molecule has 1 aliphatic heterocycles. The molecule has 2 nitrogen and oxygen atoms in total. The van der Waals surface area contributed by atoms with Gasteiger partial charge in [0.1, 0.15) is 0 Å². The van der Waals surface area contributed by atoms with E-state index >= 15 is 0 Å². The fourth-order valence-corrected chi connectivity index (χ4v) is 1.35.